The molecule has 26 heavy (non-hydrogen) atoms. The molecule has 0 spiro atoms. The first kappa shape index (κ1) is 19.1. The van der Waals surface area contributed by atoms with Gasteiger partial charge in [0.05, 0.1) is 0 Å². The van der Waals surface area contributed by atoms with Crippen LogP contribution in [0.3, 0.4) is 0 Å². The first-order valence-electron chi connectivity index (χ1n) is 9.01. The van der Waals surface area contributed by atoms with E-state index in [1.165, 1.54) is 30.6 Å². The molecular formula is C19H24ClN3O2S. The summed E-state index contributed by atoms with van der Waals surface area (Å²) in [5.74, 6) is 0.884. The Hall–Kier alpha value is -1.66. The molecule has 0 radical (unpaired) electrons. The quantitative estimate of drug-likeness (QED) is 0.752. The van der Waals surface area contributed by atoms with E-state index in [1.807, 2.05) is 26.0 Å². The van der Waals surface area contributed by atoms with Gasteiger partial charge in [0, 0.05) is 10.9 Å². The fraction of sp³-hybridized carbons (Fsp3) is 0.526. The van der Waals surface area contributed by atoms with Gasteiger partial charge in [-0.15, -0.1) is 10.2 Å². The number of carbonyl (C=O) groups excluding carboxylic acids is 1. The number of aryl methyl sites for hydroxylation is 2. The number of hydrogen-bond acceptors (Lipinski definition) is 5. The van der Waals surface area contributed by atoms with E-state index >= 15 is 0 Å². The molecule has 7 heteroatoms. The minimum atomic E-state index is -0.642. The molecule has 1 N–H and O–H groups in total. The standard InChI is InChI=1S/C19H24ClN3O2S/c1-11-9-15(10-12(2)16(11)20)25-13(3)17(24)21-19-23-22-18(26-19)14-7-5-4-6-8-14/h9-10,13-14H,4-8H2,1-3H3,(H,21,23,24)/t13-/m1/s1. The summed E-state index contributed by atoms with van der Waals surface area (Å²) in [5.41, 5.74) is 1.85. The molecule has 1 atom stereocenters. The van der Waals surface area contributed by atoms with Gasteiger partial charge in [0.25, 0.3) is 5.91 Å². The van der Waals surface area contributed by atoms with Crippen molar-refractivity contribution >= 4 is 34.0 Å². The lowest BCUT2D eigenvalue weighted by molar-refractivity contribution is -0.122. The van der Waals surface area contributed by atoms with Crippen LogP contribution in [0.1, 0.15) is 61.1 Å². The number of amides is 1. The molecule has 0 saturated heterocycles. The van der Waals surface area contributed by atoms with E-state index < -0.39 is 6.10 Å². The highest BCUT2D eigenvalue weighted by Gasteiger charge is 2.22. The fourth-order valence-corrected chi connectivity index (χ4v) is 4.26. The van der Waals surface area contributed by atoms with Gasteiger partial charge in [0.15, 0.2) is 6.10 Å². The molecule has 5 nitrogen and oxygen atoms in total. The van der Waals surface area contributed by atoms with Crippen molar-refractivity contribution in [1.82, 2.24) is 10.2 Å². The Kier molecular flexibility index (Phi) is 6.14. The van der Waals surface area contributed by atoms with E-state index in [0.29, 0.717) is 16.8 Å². The maximum Gasteiger partial charge on any atom is 0.266 e. The number of nitrogens with one attached hydrogen (secondary N) is 1. The van der Waals surface area contributed by atoms with E-state index in [2.05, 4.69) is 15.5 Å². The van der Waals surface area contributed by atoms with Crippen LogP contribution in [0, 0.1) is 13.8 Å². The van der Waals surface area contributed by atoms with Crippen molar-refractivity contribution in [3.8, 4) is 5.75 Å². The maximum atomic E-state index is 12.4. The smallest absolute Gasteiger partial charge is 0.266 e. The Labute approximate surface area is 163 Å². The van der Waals surface area contributed by atoms with Crippen molar-refractivity contribution in [2.24, 2.45) is 0 Å². The third-order valence-electron chi connectivity index (χ3n) is 4.72. The normalized spacial score (nSPS) is 16.3. The molecule has 1 aromatic heterocycles. The predicted molar refractivity (Wildman–Crippen MR) is 105 cm³/mol. The average Bonchev–Trinajstić information content (AvgIpc) is 3.08. The van der Waals surface area contributed by atoms with Crippen LogP contribution in [0.4, 0.5) is 5.13 Å². The van der Waals surface area contributed by atoms with Crippen LogP contribution in [-0.4, -0.2) is 22.2 Å². The predicted octanol–water partition coefficient (Wildman–Crippen LogP) is 5.26. The lowest BCUT2D eigenvalue weighted by Crippen LogP contribution is -2.30. The van der Waals surface area contributed by atoms with Gasteiger partial charge in [0.1, 0.15) is 10.8 Å². The second kappa shape index (κ2) is 8.35. The summed E-state index contributed by atoms with van der Waals surface area (Å²) in [6.07, 6.45) is 5.48. The number of carbonyl (C=O) groups is 1. The molecule has 0 aliphatic heterocycles. The molecule has 2 aromatic rings. The van der Waals surface area contributed by atoms with Crippen LogP contribution in [0.2, 0.25) is 5.02 Å². The maximum absolute atomic E-state index is 12.4. The third-order valence-corrected chi connectivity index (χ3v) is 6.31. The Morgan fingerprint density at radius 1 is 1.23 bits per heavy atom. The first-order valence-corrected chi connectivity index (χ1v) is 10.2. The Bertz CT molecular complexity index is 764. The summed E-state index contributed by atoms with van der Waals surface area (Å²) < 4.78 is 5.77. The number of anilines is 1. The van der Waals surface area contributed by atoms with Crippen LogP contribution in [0.25, 0.3) is 0 Å². The molecule has 1 amide bonds. The number of rotatable bonds is 5. The zero-order chi connectivity index (χ0) is 18.7. The Balaban J connectivity index is 1.60. The largest absolute Gasteiger partial charge is 0.481 e. The Morgan fingerprint density at radius 3 is 2.54 bits per heavy atom. The Morgan fingerprint density at radius 2 is 1.88 bits per heavy atom. The van der Waals surface area contributed by atoms with Gasteiger partial charge in [-0.2, -0.15) is 0 Å². The summed E-state index contributed by atoms with van der Waals surface area (Å²) >= 11 is 7.64. The van der Waals surface area contributed by atoms with Crippen LogP contribution in [0.5, 0.6) is 5.75 Å². The molecular weight excluding hydrogens is 370 g/mol. The number of nitrogens with zero attached hydrogens (tertiary/aromatic N) is 2. The third kappa shape index (κ3) is 4.54. The van der Waals surface area contributed by atoms with Gasteiger partial charge in [0.2, 0.25) is 5.13 Å². The summed E-state index contributed by atoms with van der Waals surface area (Å²) in [6.45, 7) is 5.56. The number of halogens is 1. The minimum Gasteiger partial charge on any atom is -0.481 e. The van der Waals surface area contributed by atoms with Crippen LogP contribution in [0.15, 0.2) is 12.1 Å². The first-order chi connectivity index (χ1) is 12.4. The highest BCUT2D eigenvalue weighted by Crippen LogP contribution is 2.35. The van der Waals surface area contributed by atoms with Crippen LogP contribution < -0.4 is 10.1 Å². The fourth-order valence-electron chi connectivity index (χ4n) is 3.24. The number of aromatic nitrogens is 2. The van der Waals surface area contributed by atoms with Gasteiger partial charge in [-0.25, -0.2) is 0 Å². The van der Waals surface area contributed by atoms with E-state index in [-0.39, 0.29) is 5.91 Å². The van der Waals surface area contributed by atoms with E-state index in [0.717, 1.165) is 34.0 Å². The van der Waals surface area contributed by atoms with Gasteiger partial charge in [-0.05, 0) is 56.9 Å². The molecule has 1 saturated carbocycles. The zero-order valence-electron chi connectivity index (χ0n) is 15.3. The molecule has 1 heterocycles. The summed E-state index contributed by atoms with van der Waals surface area (Å²) in [4.78, 5) is 12.4. The molecule has 3 rings (SSSR count). The molecule has 0 unspecified atom stereocenters. The van der Waals surface area contributed by atoms with Crippen molar-refractivity contribution in [1.29, 1.82) is 0 Å². The second-order valence-corrected chi connectivity index (χ2v) is 8.29. The lowest BCUT2D eigenvalue weighted by Gasteiger charge is -2.18. The van der Waals surface area contributed by atoms with Gasteiger partial charge < -0.3 is 4.74 Å². The molecule has 1 aliphatic carbocycles. The molecule has 140 valence electrons. The lowest BCUT2D eigenvalue weighted by atomic mass is 9.90. The van der Waals surface area contributed by atoms with Crippen molar-refractivity contribution in [3.05, 3.63) is 33.3 Å². The summed E-state index contributed by atoms with van der Waals surface area (Å²) in [5, 5.41) is 13.5. The van der Waals surface area contributed by atoms with E-state index in [1.54, 1.807) is 6.92 Å². The van der Waals surface area contributed by atoms with Crippen molar-refractivity contribution in [2.75, 3.05) is 5.32 Å². The summed E-state index contributed by atoms with van der Waals surface area (Å²) in [7, 11) is 0. The van der Waals surface area contributed by atoms with Crippen molar-refractivity contribution < 1.29 is 9.53 Å². The zero-order valence-corrected chi connectivity index (χ0v) is 16.9. The SMILES string of the molecule is Cc1cc(O[C@H](C)C(=O)Nc2nnc(C3CCCCC3)s2)cc(C)c1Cl. The minimum absolute atomic E-state index is 0.235. The molecule has 1 fully saturated rings. The highest BCUT2D eigenvalue weighted by atomic mass is 35.5. The van der Waals surface area contributed by atoms with E-state index in [9.17, 15) is 4.79 Å². The number of hydrogen-bond donors (Lipinski definition) is 1. The number of benzene rings is 1. The van der Waals surface area contributed by atoms with E-state index in [4.69, 9.17) is 16.3 Å². The van der Waals surface area contributed by atoms with Gasteiger partial charge in [-0.1, -0.05) is 42.2 Å². The van der Waals surface area contributed by atoms with Crippen LogP contribution in [-0.2, 0) is 4.79 Å². The van der Waals surface area contributed by atoms with Crippen molar-refractivity contribution in [2.45, 2.75) is 64.9 Å². The van der Waals surface area contributed by atoms with Crippen LogP contribution >= 0.6 is 22.9 Å². The molecule has 1 aromatic carbocycles. The summed E-state index contributed by atoms with van der Waals surface area (Å²) in [6, 6.07) is 3.68. The average molecular weight is 394 g/mol. The van der Waals surface area contributed by atoms with Gasteiger partial charge in [-0.3, -0.25) is 10.1 Å². The topological polar surface area (TPSA) is 64.1 Å². The monoisotopic (exact) mass is 393 g/mol. The number of ether oxygens (including phenoxy) is 1. The highest BCUT2D eigenvalue weighted by molar-refractivity contribution is 7.15. The molecule has 0 bridgehead atoms. The second-order valence-electron chi connectivity index (χ2n) is 6.90. The van der Waals surface area contributed by atoms with Crippen molar-refractivity contribution in [3.63, 3.8) is 0 Å². The molecule has 1 aliphatic rings. The van der Waals surface area contributed by atoms with Gasteiger partial charge >= 0.3 is 0 Å².